The van der Waals surface area contributed by atoms with Crippen LogP contribution in [0.25, 0.3) is 0 Å². The summed E-state index contributed by atoms with van der Waals surface area (Å²) >= 11 is 0. The second-order valence-electron chi connectivity index (χ2n) is 3.07. The SMILES string of the molecule is [Eu].c1ccncc1.c1ccncc1.c1ccncc1. The van der Waals surface area contributed by atoms with Crippen LogP contribution in [-0.2, 0) is 0 Å². The largest absolute Gasteiger partial charge is 0.265 e. The monoisotopic (exact) mass is 390 g/mol. The summed E-state index contributed by atoms with van der Waals surface area (Å²) in [5.41, 5.74) is 0. The van der Waals surface area contributed by atoms with Crippen molar-refractivity contribution in [2.45, 2.75) is 0 Å². The third kappa shape index (κ3) is 13.3. The molecule has 4 heteroatoms. The summed E-state index contributed by atoms with van der Waals surface area (Å²) < 4.78 is 0. The molecule has 0 N–H and O–H groups in total. The van der Waals surface area contributed by atoms with Gasteiger partial charge in [0.25, 0.3) is 0 Å². The van der Waals surface area contributed by atoms with Crippen LogP contribution >= 0.6 is 0 Å². The molecule has 0 saturated heterocycles. The Morgan fingerprint density at radius 3 is 0.579 bits per heavy atom. The second kappa shape index (κ2) is 15.1. The van der Waals surface area contributed by atoms with Gasteiger partial charge in [-0.15, -0.1) is 0 Å². The Balaban J connectivity index is 0.000000249. The molecule has 0 aromatic carbocycles. The van der Waals surface area contributed by atoms with Gasteiger partial charge in [-0.3, -0.25) is 15.0 Å². The maximum atomic E-state index is 3.78. The molecule has 3 nitrogen and oxygen atoms in total. The normalized spacial score (nSPS) is 7.58. The zero-order valence-corrected chi connectivity index (χ0v) is 12.8. The van der Waals surface area contributed by atoms with Gasteiger partial charge in [0.05, 0.1) is 0 Å². The fourth-order valence-corrected chi connectivity index (χ4v) is 0.938. The number of nitrogens with zero attached hydrogens (tertiary/aromatic N) is 3. The van der Waals surface area contributed by atoms with Crippen molar-refractivity contribution in [3.63, 3.8) is 0 Å². The van der Waals surface area contributed by atoms with Crippen molar-refractivity contribution in [3.8, 4) is 0 Å². The molecule has 3 aromatic rings. The van der Waals surface area contributed by atoms with Crippen molar-refractivity contribution in [1.82, 2.24) is 15.0 Å². The summed E-state index contributed by atoms with van der Waals surface area (Å²) in [6.45, 7) is 0. The number of aromatic nitrogens is 3. The predicted octanol–water partition coefficient (Wildman–Crippen LogP) is 3.24. The Labute approximate surface area is 154 Å². The standard InChI is InChI=1S/3C5H5N.Eu/c3*1-2-4-6-5-3-1;/h3*1-5H;. The van der Waals surface area contributed by atoms with E-state index in [1.165, 1.54) is 0 Å². The van der Waals surface area contributed by atoms with Crippen molar-refractivity contribution in [2.75, 3.05) is 0 Å². The molecular weight excluding hydrogens is 374 g/mol. The third-order valence-corrected chi connectivity index (χ3v) is 1.70. The Hall–Kier alpha value is -0.966. The van der Waals surface area contributed by atoms with Crippen LogP contribution in [0.3, 0.4) is 0 Å². The molecule has 97 valence electrons. The summed E-state index contributed by atoms with van der Waals surface area (Å²) in [6.07, 6.45) is 10.5. The average molecular weight is 389 g/mol. The summed E-state index contributed by atoms with van der Waals surface area (Å²) in [6, 6.07) is 17.1. The van der Waals surface area contributed by atoms with Gasteiger partial charge in [-0.2, -0.15) is 0 Å². The van der Waals surface area contributed by atoms with Crippen molar-refractivity contribution < 1.29 is 49.4 Å². The van der Waals surface area contributed by atoms with Crippen LogP contribution in [0.2, 0.25) is 0 Å². The summed E-state index contributed by atoms with van der Waals surface area (Å²) in [5.74, 6) is 0. The minimum Gasteiger partial charge on any atom is -0.265 e. The van der Waals surface area contributed by atoms with Crippen LogP contribution in [0, 0.1) is 49.4 Å². The fourth-order valence-electron chi connectivity index (χ4n) is 0.938. The molecule has 1 radical (unpaired) electrons. The first kappa shape index (κ1) is 18.0. The Morgan fingerprint density at radius 2 is 0.526 bits per heavy atom. The molecule has 3 rings (SSSR count). The van der Waals surface area contributed by atoms with E-state index in [9.17, 15) is 0 Å². The van der Waals surface area contributed by atoms with E-state index in [0.717, 1.165) is 0 Å². The molecule has 0 atom stereocenters. The topological polar surface area (TPSA) is 38.7 Å². The van der Waals surface area contributed by atoms with Gasteiger partial charge in [0.1, 0.15) is 0 Å². The van der Waals surface area contributed by atoms with Crippen LogP contribution < -0.4 is 0 Å². The Kier molecular flexibility index (Phi) is 14.3. The predicted molar refractivity (Wildman–Crippen MR) is 72.7 cm³/mol. The molecule has 0 saturated carbocycles. The van der Waals surface area contributed by atoms with Crippen LogP contribution in [0.4, 0.5) is 0 Å². The molecule has 3 aromatic heterocycles. The van der Waals surface area contributed by atoms with Crippen LogP contribution in [0.1, 0.15) is 0 Å². The Bertz CT molecular complexity index is 308. The maximum Gasteiger partial charge on any atom is 0.0267 e. The molecule has 0 aliphatic rings. The van der Waals surface area contributed by atoms with E-state index in [2.05, 4.69) is 15.0 Å². The van der Waals surface area contributed by atoms with Crippen molar-refractivity contribution in [3.05, 3.63) is 91.8 Å². The van der Waals surface area contributed by atoms with E-state index >= 15 is 0 Å². The first-order valence-corrected chi connectivity index (χ1v) is 5.55. The Morgan fingerprint density at radius 1 is 0.316 bits per heavy atom. The molecule has 0 aliphatic heterocycles. The van der Waals surface area contributed by atoms with Crippen LogP contribution in [-0.4, -0.2) is 15.0 Å². The van der Waals surface area contributed by atoms with E-state index in [1.807, 2.05) is 54.6 Å². The van der Waals surface area contributed by atoms with Gasteiger partial charge < -0.3 is 0 Å². The summed E-state index contributed by atoms with van der Waals surface area (Å²) in [7, 11) is 0. The quantitative estimate of drug-likeness (QED) is 0.593. The van der Waals surface area contributed by atoms with Gasteiger partial charge in [0, 0.05) is 86.6 Å². The minimum atomic E-state index is 0. The van der Waals surface area contributed by atoms with E-state index < -0.39 is 0 Å². The minimum absolute atomic E-state index is 0. The smallest absolute Gasteiger partial charge is 0.0267 e. The van der Waals surface area contributed by atoms with Crippen molar-refractivity contribution >= 4 is 0 Å². The van der Waals surface area contributed by atoms with E-state index in [4.69, 9.17) is 0 Å². The zero-order chi connectivity index (χ0) is 12.7. The number of hydrogen-bond donors (Lipinski definition) is 0. The summed E-state index contributed by atoms with van der Waals surface area (Å²) in [4.78, 5) is 11.4. The first-order chi connectivity index (χ1) is 9.00. The fraction of sp³-hybridized carbons (Fsp3) is 0. The molecule has 0 amide bonds. The van der Waals surface area contributed by atoms with Crippen molar-refractivity contribution in [1.29, 1.82) is 0 Å². The second-order valence-corrected chi connectivity index (χ2v) is 3.07. The molecular formula is C15H15EuN3. The van der Waals surface area contributed by atoms with Crippen LogP contribution in [0.5, 0.6) is 0 Å². The van der Waals surface area contributed by atoms with E-state index in [-0.39, 0.29) is 49.4 Å². The van der Waals surface area contributed by atoms with E-state index in [1.54, 1.807) is 37.2 Å². The molecule has 0 bridgehead atoms. The average Bonchev–Trinajstić information content (AvgIpc) is 2.54. The molecule has 3 heterocycles. The van der Waals surface area contributed by atoms with Gasteiger partial charge in [-0.1, -0.05) is 18.2 Å². The molecule has 0 fully saturated rings. The number of hydrogen-bond acceptors (Lipinski definition) is 3. The van der Waals surface area contributed by atoms with Gasteiger partial charge in [0.2, 0.25) is 0 Å². The third-order valence-electron chi connectivity index (χ3n) is 1.70. The first-order valence-electron chi connectivity index (χ1n) is 5.55. The maximum absolute atomic E-state index is 3.78. The molecule has 0 aliphatic carbocycles. The number of pyridine rings is 3. The van der Waals surface area contributed by atoms with Gasteiger partial charge in [-0.25, -0.2) is 0 Å². The summed E-state index contributed by atoms with van der Waals surface area (Å²) in [5, 5.41) is 0. The van der Waals surface area contributed by atoms with Gasteiger partial charge >= 0.3 is 0 Å². The van der Waals surface area contributed by atoms with Crippen LogP contribution in [0.15, 0.2) is 91.8 Å². The van der Waals surface area contributed by atoms with Gasteiger partial charge in [0.15, 0.2) is 0 Å². The number of rotatable bonds is 0. The van der Waals surface area contributed by atoms with Gasteiger partial charge in [-0.05, 0) is 36.4 Å². The van der Waals surface area contributed by atoms with Crippen molar-refractivity contribution in [2.24, 2.45) is 0 Å². The molecule has 0 unspecified atom stereocenters. The van der Waals surface area contributed by atoms with E-state index in [0.29, 0.717) is 0 Å². The molecule has 0 spiro atoms. The zero-order valence-electron chi connectivity index (χ0n) is 10.4. The molecule has 19 heavy (non-hydrogen) atoms.